The van der Waals surface area contributed by atoms with E-state index in [4.69, 9.17) is 0 Å². The Morgan fingerprint density at radius 3 is 1.83 bits per heavy atom. The molecule has 2 aliphatic carbocycles. The average Bonchev–Trinajstić information content (AvgIpc) is 2.73. The summed E-state index contributed by atoms with van der Waals surface area (Å²) in [4.78, 5) is 0. The van der Waals surface area contributed by atoms with Crippen LogP contribution in [0.4, 0.5) is 0 Å². The number of hydrogen-bond donors (Lipinski definition) is 0. The van der Waals surface area contributed by atoms with E-state index in [1.165, 1.54) is 12.0 Å². The van der Waals surface area contributed by atoms with Crippen molar-refractivity contribution in [2.24, 2.45) is 0 Å². The Balaban J connectivity index is 0.00000144. The monoisotopic (exact) mass is 360 g/mol. The Morgan fingerprint density at radius 1 is 0.944 bits per heavy atom. The van der Waals surface area contributed by atoms with E-state index in [1.54, 1.807) is 25.6 Å². The van der Waals surface area contributed by atoms with Crippen LogP contribution in [0.25, 0.3) is 0 Å². The molecule has 2 rings (SSSR count). The molecule has 0 fully saturated rings. The van der Waals surface area contributed by atoms with Crippen LogP contribution in [0.3, 0.4) is 0 Å². The normalized spacial score (nSPS) is 19.2. The second kappa shape index (κ2) is 7.27. The molecule has 0 spiro atoms. The summed E-state index contributed by atoms with van der Waals surface area (Å²) in [7, 11) is 0. The second-order valence-electron chi connectivity index (χ2n) is 5.02. The van der Waals surface area contributed by atoms with Crippen molar-refractivity contribution >= 4 is 0 Å². The van der Waals surface area contributed by atoms with Crippen LogP contribution in [0.1, 0.15) is 41.0 Å². The zero-order valence-corrected chi connectivity index (χ0v) is 15.7. The molecule has 0 aromatic heterocycles. The average molecular weight is 362 g/mol. The molecule has 18 heavy (non-hydrogen) atoms. The fraction of sp³-hybridized carbons (Fsp3) is 0.467. The molecule has 98 valence electrons. The molecule has 0 bridgehead atoms. The van der Waals surface area contributed by atoms with Crippen molar-refractivity contribution in [3.8, 4) is 0 Å². The minimum atomic E-state index is -0.436. The second-order valence-corrected chi connectivity index (χ2v) is 8.72. The smallest absolute Gasteiger partial charge is 1.00 e. The zero-order valence-electron chi connectivity index (χ0n) is 11.7. The Hall–Kier alpha value is 0.423. The van der Waals surface area contributed by atoms with Gasteiger partial charge in [-0.2, -0.15) is 0 Å². The first-order valence-electron chi connectivity index (χ1n) is 5.99. The standard InChI is InChI=1S/C9H13.C6H7.2ClH.Zr/c1-6-5-7(2)9(4)8(6)3;1-6-4-2-3-5-6;;;/h5H,1-4H3;4-5H,2H2,1H3;2*1H;/q;;;;+2/p-2. The summed E-state index contributed by atoms with van der Waals surface area (Å²) in [5.74, 6) is 0. The van der Waals surface area contributed by atoms with Crippen LogP contribution in [-0.4, -0.2) is 0 Å². The molecule has 0 nitrogen and oxygen atoms in total. The largest absolute Gasteiger partial charge is 1.00 e. The van der Waals surface area contributed by atoms with Crippen molar-refractivity contribution in [2.75, 3.05) is 0 Å². The maximum absolute atomic E-state index is 2.44. The summed E-state index contributed by atoms with van der Waals surface area (Å²) in [5, 5.41) is 0. The molecule has 2 aliphatic rings. The summed E-state index contributed by atoms with van der Waals surface area (Å²) in [6.45, 7) is 11.5. The summed E-state index contributed by atoms with van der Waals surface area (Å²) in [6, 6.07) is 0. The fourth-order valence-electron chi connectivity index (χ4n) is 2.52. The number of halogens is 2. The zero-order chi connectivity index (χ0) is 11.9. The van der Waals surface area contributed by atoms with Crippen LogP contribution in [-0.2, 0) is 23.2 Å². The SMILES string of the molecule is CC1=CC[C]([Zr+2][CH]2C(C)=C(C)C(C)=C2C)=C1.[Cl-].[Cl-]. The van der Waals surface area contributed by atoms with Gasteiger partial charge in [0.2, 0.25) is 0 Å². The third kappa shape index (κ3) is 3.50. The summed E-state index contributed by atoms with van der Waals surface area (Å²) in [6.07, 6.45) is 6.06. The molecule has 3 heteroatoms. The van der Waals surface area contributed by atoms with Crippen molar-refractivity contribution < 1.29 is 48.0 Å². The van der Waals surface area contributed by atoms with Crippen LogP contribution in [0.15, 0.2) is 43.3 Å². The van der Waals surface area contributed by atoms with E-state index in [2.05, 4.69) is 46.8 Å². The number of rotatable bonds is 2. The molecule has 0 saturated heterocycles. The number of allylic oxidation sites excluding steroid dienone is 8. The van der Waals surface area contributed by atoms with Crippen molar-refractivity contribution in [3.63, 3.8) is 0 Å². The van der Waals surface area contributed by atoms with Gasteiger partial charge in [0, 0.05) is 0 Å². The van der Waals surface area contributed by atoms with Gasteiger partial charge in [-0.05, 0) is 0 Å². The van der Waals surface area contributed by atoms with Gasteiger partial charge in [0.1, 0.15) is 0 Å². The minimum Gasteiger partial charge on any atom is -1.00 e. The van der Waals surface area contributed by atoms with Gasteiger partial charge in [-0.15, -0.1) is 0 Å². The number of hydrogen-bond acceptors (Lipinski definition) is 0. The molecule has 0 unspecified atom stereocenters. The van der Waals surface area contributed by atoms with Crippen molar-refractivity contribution in [3.05, 3.63) is 43.3 Å². The van der Waals surface area contributed by atoms with Gasteiger partial charge in [0.15, 0.2) is 0 Å². The first-order chi connectivity index (χ1) is 7.50. The fourth-order valence-corrected chi connectivity index (χ4v) is 6.86. The molecule has 0 aliphatic heterocycles. The van der Waals surface area contributed by atoms with E-state index in [1.807, 2.05) is 0 Å². The van der Waals surface area contributed by atoms with Gasteiger partial charge >= 0.3 is 111 Å². The Labute approximate surface area is 135 Å². The van der Waals surface area contributed by atoms with Crippen molar-refractivity contribution in [2.45, 2.75) is 44.7 Å². The van der Waals surface area contributed by atoms with E-state index in [0.29, 0.717) is 0 Å². The summed E-state index contributed by atoms with van der Waals surface area (Å²) in [5.41, 5.74) is 7.92. The third-order valence-electron chi connectivity index (χ3n) is 3.99. The van der Waals surface area contributed by atoms with Crippen LogP contribution in [0, 0.1) is 0 Å². The maximum Gasteiger partial charge on any atom is -1.00 e. The first kappa shape index (κ1) is 18.4. The van der Waals surface area contributed by atoms with Gasteiger partial charge in [-0.1, -0.05) is 0 Å². The molecular formula is C15H20Cl2Zr. The molecule has 0 aromatic carbocycles. The molecule has 0 heterocycles. The van der Waals surface area contributed by atoms with Gasteiger partial charge in [0.05, 0.1) is 0 Å². The Morgan fingerprint density at radius 2 is 1.44 bits per heavy atom. The molecular weight excluding hydrogens is 342 g/mol. The molecule has 0 radical (unpaired) electrons. The Bertz CT molecular complexity index is 429. The van der Waals surface area contributed by atoms with E-state index < -0.39 is 23.2 Å². The van der Waals surface area contributed by atoms with Crippen LogP contribution in [0.2, 0.25) is 3.63 Å². The quantitative estimate of drug-likeness (QED) is 0.578. The van der Waals surface area contributed by atoms with Gasteiger partial charge in [-0.3, -0.25) is 0 Å². The summed E-state index contributed by atoms with van der Waals surface area (Å²) < 4.78 is 2.61. The molecule has 0 saturated carbocycles. The van der Waals surface area contributed by atoms with Gasteiger partial charge < -0.3 is 24.8 Å². The third-order valence-corrected chi connectivity index (χ3v) is 8.59. The topological polar surface area (TPSA) is 0 Å². The van der Waals surface area contributed by atoms with Gasteiger partial charge in [0.25, 0.3) is 0 Å². The summed E-state index contributed by atoms with van der Waals surface area (Å²) >= 11 is -0.436. The Kier molecular flexibility index (Phi) is 7.44. The van der Waals surface area contributed by atoms with Crippen LogP contribution >= 0.6 is 0 Å². The van der Waals surface area contributed by atoms with Crippen LogP contribution in [0.5, 0.6) is 0 Å². The minimum absolute atomic E-state index is 0. The molecule has 0 amide bonds. The first-order valence-corrected chi connectivity index (χ1v) is 8.64. The molecule has 0 aromatic rings. The van der Waals surface area contributed by atoms with E-state index >= 15 is 0 Å². The van der Waals surface area contributed by atoms with Crippen molar-refractivity contribution in [1.29, 1.82) is 0 Å². The molecule has 0 N–H and O–H groups in total. The van der Waals surface area contributed by atoms with E-state index in [-0.39, 0.29) is 24.8 Å². The predicted molar refractivity (Wildman–Crippen MR) is 67.0 cm³/mol. The van der Waals surface area contributed by atoms with E-state index in [0.717, 1.165) is 3.63 Å². The van der Waals surface area contributed by atoms with Crippen molar-refractivity contribution in [1.82, 2.24) is 0 Å². The molecule has 0 atom stereocenters. The predicted octanol–water partition coefficient (Wildman–Crippen LogP) is -1.21. The van der Waals surface area contributed by atoms with E-state index in [9.17, 15) is 0 Å². The van der Waals surface area contributed by atoms with Crippen LogP contribution < -0.4 is 24.8 Å². The van der Waals surface area contributed by atoms with Gasteiger partial charge in [-0.25, -0.2) is 0 Å². The maximum atomic E-state index is 2.44.